The van der Waals surface area contributed by atoms with E-state index in [0.717, 1.165) is 31.2 Å². The highest BCUT2D eigenvalue weighted by molar-refractivity contribution is 8.17. The van der Waals surface area contributed by atoms with Crippen molar-refractivity contribution < 1.29 is 4.79 Å². The molecule has 1 aromatic rings. The number of likely N-dealkylation sites (tertiary alicyclic amines) is 1. The Morgan fingerprint density at radius 3 is 2.69 bits per heavy atom. The van der Waals surface area contributed by atoms with Crippen LogP contribution in [-0.2, 0) is 4.79 Å². The van der Waals surface area contributed by atoms with Crippen molar-refractivity contribution in [1.29, 1.82) is 0 Å². The van der Waals surface area contributed by atoms with Crippen LogP contribution in [0.25, 0.3) is 0 Å². The number of unbranched alkanes of at least 4 members (excludes halogenated alkanes) is 1. The molecule has 0 saturated carbocycles. The molecule has 3 nitrogen and oxygen atoms in total. The fourth-order valence-corrected chi connectivity index (χ4v) is 7.59. The summed E-state index contributed by atoms with van der Waals surface area (Å²) >= 11 is 4.22. The second kappa shape index (κ2) is 12.9. The highest BCUT2D eigenvalue weighted by Crippen LogP contribution is 2.48. The Kier molecular flexibility index (Phi) is 10.3. The molecule has 0 aromatic heterocycles. The number of thioether (sulfide) groups is 2. The number of benzene rings is 1. The zero-order chi connectivity index (χ0) is 20.3. The molecule has 2 saturated heterocycles. The minimum absolute atomic E-state index is 0.244. The molecule has 2 aliphatic rings. The molecule has 1 aromatic carbocycles. The molecule has 5 heteroatoms. The van der Waals surface area contributed by atoms with Crippen LogP contribution in [0.2, 0.25) is 0 Å². The van der Waals surface area contributed by atoms with Crippen molar-refractivity contribution in [3.8, 4) is 0 Å². The summed E-state index contributed by atoms with van der Waals surface area (Å²) in [6.45, 7) is 6.62. The van der Waals surface area contributed by atoms with Gasteiger partial charge in [-0.1, -0.05) is 42.7 Å². The molecular weight excluding hydrogens is 396 g/mol. The van der Waals surface area contributed by atoms with E-state index in [4.69, 9.17) is 0 Å². The van der Waals surface area contributed by atoms with Gasteiger partial charge in [0.25, 0.3) is 0 Å². The van der Waals surface area contributed by atoms with Gasteiger partial charge in [0.2, 0.25) is 5.91 Å². The molecule has 162 valence electrons. The van der Waals surface area contributed by atoms with E-state index in [1.165, 1.54) is 68.5 Å². The average Bonchev–Trinajstić information content (AvgIpc) is 2.76. The minimum Gasteiger partial charge on any atom is -0.356 e. The Labute approximate surface area is 186 Å². The second-order valence-corrected chi connectivity index (χ2v) is 11.4. The Morgan fingerprint density at radius 2 is 1.90 bits per heavy atom. The highest BCUT2D eigenvalue weighted by atomic mass is 32.2. The van der Waals surface area contributed by atoms with Gasteiger partial charge < -0.3 is 10.2 Å². The molecule has 0 radical (unpaired) electrons. The maximum absolute atomic E-state index is 12.1. The maximum atomic E-state index is 12.1. The first-order valence-electron chi connectivity index (χ1n) is 11.5. The number of rotatable bonds is 10. The largest absolute Gasteiger partial charge is 0.356 e. The molecular formula is C24H38N2OS2. The van der Waals surface area contributed by atoms with E-state index >= 15 is 0 Å². The fourth-order valence-electron chi connectivity index (χ4n) is 4.16. The van der Waals surface area contributed by atoms with Gasteiger partial charge in [-0.05, 0) is 76.4 Å². The van der Waals surface area contributed by atoms with E-state index in [9.17, 15) is 4.79 Å². The Bertz CT molecular complexity index is 601. The SMILES string of the molecule is Cc1ccc(C2SCCC(CCCCC(=O)NCCCN3CCCCC3)S2)cc1. The standard InChI is InChI=1S/C24H38N2OS2/c1-20-10-12-21(13-11-20)24-28-19-14-22(29-24)8-3-4-9-23(27)25-15-7-18-26-16-5-2-6-17-26/h10-13,22,24H,2-9,14-19H2,1H3,(H,25,27). The van der Waals surface area contributed by atoms with Gasteiger partial charge >= 0.3 is 0 Å². The molecule has 29 heavy (non-hydrogen) atoms. The van der Waals surface area contributed by atoms with Crippen molar-refractivity contribution in [2.75, 3.05) is 31.9 Å². The van der Waals surface area contributed by atoms with Crippen LogP contribution in [0.15, 0.2) is 24.3 Å². The number of hydrogen-bond acceptors (Lipinski definition) is 4. The van der Waals surface area contributed by atoms with E-state index in [1.54, 1.807) is 0 Å². The van der Waals surface area contributed by atoms with E-state index in [-0.39, 0.29) is 5.91 Å². The van der Waals surface area contributed by atoms with E-state index in [2.05, 4.69) is 64.9 Å². The normalized spacial score (nSPS) is 23.1. The van der Waals surface area contributed by atoms with E-state index in [0.29, 0.717) is 11.0 Å². The van der Waals surface area contributed by atoms with Crippen molar-refractivity contribution in [2.45, 2.75) is 74.5 Å². The lowest BCUT2D eigenvalue weighted by atomic mass is 10.1. The van der Waals surface area contributed by atoms with E-state index in [1.807, 2.05) is 0 Å². The lowest BCUT2D eigenvalue weighted by Crippen LogP contribution is -2.33. The molecule has 2 aliphatic heterocycles. The quantitative estimate of drug-likeness (QED) is 0.473. The summed E-state index contributed by atoms with van der Waals surface area (Å²) in [5.41, 5.74) is 2.79. The number of carbonyl (C=O) groups excluding carboxylic acids is 1. The number of aryl methyl sites for hydroxylation is 1. The number of carbonyl (C=O) groups is 1. The first kappa shape index (κ1) is 23.0. The van der Waals surface area contributed by atoms with Crippen LogP contribution >= 0.6 is 23.5 Å². The van der Waals surface area contributed by atoms with Crippen LogP contribution in [0.3, 0.4) is 0 Å². The van der Waals surface area contributed by atoms with Crippen molar-refractivity contribution in [1.82, 2.24) is 10.2 Å². The van der Waals surface area contributed by atoms with Gasteiger partial charge in [0.15, 0.2) is 0 Å². The third-order valence-corrected chi connectivity index (χ3v) is 9.14. The molecule has 2 fully saturated rings. The molecule has 0 bridgehead atoms. The summed E-state index contributed by atoms with van der Waals surface area (Å²) < 4.78 is 0.581. The molecule has 2 unspecified atom stereocenters. The van der Waals surface area contributed by atoms with Crippen molar-refractivity contribution in [2.24, 2.45) is 0 Å². The van der Waals surface area contributed by atoms with Gasteiger partial charge in [0, 0.05) is 18.2 Å². The van der Waals surface area contributed by atoms with Gasteiger partial charge in [0.1, 0.15) is 0 Å². The number of nitrogens with zero attached hydrogens (tertiary/aromatic N) is 1. The van der Waals surface area contributed by atoms with Crippen molar-refractivity contribution >= 4 is 29.4 Å². The number of hydrogen-bond donors (Lipinski definition) is 1. The summed E-state index contributed by atoms with van der Waals surface area (Å²) in [5.74, 6) is 1.50. The summed E-state index contributed by atoms with van der Waals surface area (Å²) in [7, 11) is 0. The summed E-state index contributed by atoms with van der Waals surface area (Å²) in [5, 5.41) is 3.87. The third-order valence-electron chi connectivity index (χ3n) is 5.98. The van der Waals surface area contributed by atoms with Gasteiger partial charge in [-0.15, -0.1) is 23.5 Å². The smallest absolute Gasteiger partial charge is 0.219 e. The zero-order valence-corrected chi connectivity index (χ0v) is 19.7. The minimum atomic E-state index is 0.244. The molecule has 2 atom stereocenters. The summed E-state index contributed by atoms with van der Waals surface area (Å²) in [6.07, 6.45) is 10.6. The number of nitrogens with one attached hydrogen (secondary N) is 1. The highest BCUT2D eigenvalue weighted by Gasteiger charge is 2.24. The Hall–Kier alpha value is -0.650. The maximum Gasteiger partial charge on any atom is 0.219 e. The molecule has 0 aliphatic carbocycles. The Balaban J connectivity index is 1.23. The van der Waals surface area contributed by atoms with E-state index < -0.39 is 0 Å². The van der Waals surface area contributed by atoms with Crippen molar-refractivity contribution in [3.63, 3.8) is 0 Å². The molecule has 3 rings (SSSR count). The van der Waals surface area contributed by atoms with Crippen LogP contribution in [0.1, 0.15) is 73.5 Å². The molecule has 2 heterocycles. The van der Waals surface area contributed by atoms with Gasteiger partial charge in [0.05, 0.1) is 4.58 Å². The van der Waals surface area contributed by atoms with Crippen LogP contribution in [0.5, 0.6) is 0 Å². The zero-order valence-electron chi connectivity index (χ0n) is 18.0. The Morgan fingerprint density at radius 1 is 1.10 bits per heavy atom. The van der Waals surface area contributed by atoms with Gasteiger partial charge in [-0.25, -0.2) is 0 Å². The van der Waals surface area contributed by atoms with Gasteiger partial charge in [-0.3, -0.25) is 4.79 Å². The van der Waals surface area contributed by atoms with Crippen LogP contribution in [0.4, 0.5) is 0 Å². The lowest BCUT2D eigenvalue weighted by molar-refractivity contribution is -0.121. The monoisotopic (exact) mass is 434 g/mol. The third kappa shape index (κ3) is 8.55. The first-order chi connectivity index (χ1) is 14.2. The molecule has 1 N–H and O–H groups in total. The first-order valence-corrected chi connectivity index (χ1v) is 13.5. The summed E-state index contributed by atoms with van der Waals surface area (Å²) in [6, 6.07) is 9.03. The number of piperidine rings is 1. The predicted molar refractivity (Wildman–Crippen MR) is 129 cm³/mol. The van der Waals surface area contributed by atoms with Crippen LogP contribution in [-0.4, -0.2) is 48.0 Å². The van der Waals surface area contributed by atoms with Crippen LogP contribution in [0, 0.1) is 6.92 Å². The number of amides is 1. The fraction of sp³-hybridized carbons (Fsp3) is 0.708. The second-order valence-electron chi connectivity index (χ2n) is 8.51. The lowest BCUT2D eigenvalue weighted by Gasteiger charge is -2.28. The van der Waals surface area contributed by atoms with Gasteiger partial charge in [-0.2, -0.15) is 0 Å². The average molecular weight is 435 g/mol. The molecule has 0 spiro atoms. The van der Waals surface area contributed by atoms with Crippen molar-refractivity contribution in [3.05, 3.63) is 35.4 Å². The molecule has 1 amide bonds. The van der Waals surface area contributed by atoms with Crippen LogP contribution < -0.4 is 5.32 Å². The predicted octanol–water partition coefficient (Wildman–Crippen LogP) is 5.78. The summed E-state index contributed by atoms with van der Waals surface area (Å²) in [4.78, 5) is 14.6. The topological polar surface area (TPSA) is 32.3 Å².